The molecule has 1 aromatic rings. The Balaban J connectivity index is 2.58. The molecule has 0 saturated carbocycles. The Kier molecular flexibility index (Phi) is 9.07. The zero-order valence-corrected chi connectivity index (χ0v) is 14.7. The van der Waals surface area contributed by atoms with Crippen molar-refractivity contribution in [3.05, 3.63) is 29.3 Å². The first-order chi connectivity index (χ1) is 10.1. The number of unbranched alkanes of at least 4 members (excludes halogenated alkanes) is 4. The second kappa shape index (κ2) is 10.3. The molecule has 0 radical (unpaired) electrons. The summed E-state index contributed by atoms with van der Waals surface area (Å²) in [6, 6.07) is 6.96. The summed E-state index contributed by atoms with van der Waals surface area (Å²) in [5.74, 6) is 0.510. The van der Waals surface area contributed by atoms with E-state index in [4.69, 9.17) is 20.6 Å². The Morgan fingerprint density at radius 2 is 1.86 bits per heavy atom. The van der Waals surface area contributed by atoms with E-state index in [2.05, 4.69) is 13.8 Å². The topological polar surface area (TPSA) is 35.5 Å². The molecule has 1 aromatic carbocycles. The van der Waals surface area contributed by atoms with Crippen LogP contribution in [0.3, 0.4) is 0 Å². The molecule has 120 valence electrons. The fourth-order valence-corrected chi connectivity index (χ4v) is 3.90. The summed E-state index contributed by atoms with van der Waals surface area (Å²) in [6.45, 7) is 4.71. The molecule has 0 aliphatic rings. The van der Waals surface area contributed by atoms with E-state index >= 15 is 0 Å². The van der Waals surface area contributed by atoms with E-state index in [9.17, 15) is 4.57 Å². The summed E-state index contributed by atoms with van der Waals surface area (Å²) in [7, 11) is -3.08. The average Bonchev–Trinajstić information content (AvgIpc) is 2.45. The number of rotatable bonds is 11. The third kappa shape index (κ3) is 7.90. The second-order valence-corrected chi connectivity index (χ2v) is 7.68. The van der Waals surface area contributed by atoms with Gasteiger partial charge >= 0.3 is 7.60 Å². The molecule has 3 nitrogen and oxygen atoms in total. The minimum atomic E-state index is -3.08. The Morgan fingerprint density at radius 1 is 1.10 bits per heavy atom. The van der Waals surface area contributed by atoms with Crippen molar-refractivity contribution >= 4 is 19.2 Å². The van der Waals surface area contributed by atoms with Crippen LogP contribution >= 0.6 is 19.2 Å². The third-order valence-corrected chi connectivity index (χ3v) is 5.28. The molecule has 0 fully saturated rings. The van der Waals surface area contributed by atoms with Crippen LogP contribution in [0.25, 0.3) is 0 Å². The van der Waals surface area contributed by atoms with E-state index in [1.54, 1.807) is 24.3 Å². The van der Waals surface area contributed by atoms with Gasteiger partial charge in [0.1, 0.15) is 5.75 Å². The van der Waals surface area contributed by atoms with Crippen LogP contribution in [-0.4, -0.2) is 12.8 Å². The maximum atomic E-state index is 12.8. The maximum absolute atomic E-state index is 12.8. The summed E-state index contributed by atoms with van der Waals surface area (Å²) in [5.41, 5.74) is 0. The molecule has 0 N–H and O–H groups in total. The SMILES string of the molecule is CCCCCCOP(=O)(CCCC)Oc1cccc(Cl)c1. The highest BCUT2D eigenvalue weighted by Crippen LogP contribution is 2.49. The van der Waals surface area contributed by atoms with Crippen molar-refractivity contribution in [2.75, 3.05) is 12.8 Å². The average molecular weight is 333 g/mol. The molecule has 1 unspecified atom stereocenters. The van der Waals surface area contributed by atoms with Gasteiger partial charge in [-0.05, 0) is 31.0 Å². The van der Waals surface area contributed by atoms with E-state index in [0.29, 0.717) is 23.5 Å². The quantitative estimate of drug-likeness (QED) is 0.352. The van der Waals surface area contributed by atoms with Crippen LogP contribution in [0.15, 0.2) is 24.3 Å². The van der Waals surface area contributed by atoms with Gasteiger partial charge in [-0.15, -0.1) is 0 Å². The lowest BCUT2D eigenvalue weighted by atomic mass is 10.2. The monoisotopic (exact) mass is 332 g/mol. The van der Waals surface area contributed by atoms with Crippen molar-refractivity contribution in [1.29, 1.82) is 0 Å². The van der Waals surface area contributed by atoms with Crippen molar-refractivity contribution in [2.45, 2.75) is 52.4 Å². The zero-order valence-electron chi connectivity index (χ0n) is 13.0. The van der Waals surface area contributed by atoms with Gasteiger partial charge in [0.2, 0.25) is 0 Å². The van der Waals surface area contributed by atoms with E-state index in [1.165, 1.54) is 12.8 Å². The predicted octanol–water partition coefficient (Wildman–Crippen LogP) is 6.31. The highest BCUT2D eigenvalue weighted by Gasteiger charge is 2.25. The summed E-state index contributed by atoms with van der Waals surface area (Å²) in [4.78, 5) is 0. The van der Waals surface area contributed by atoms with Gasteiger partial charge in [-0.25, -0.2) is 4.57 Å². The first-order valence-corrected chi connectivity index (χ1v) is 9.89. The second-order valence-electron chi connectivity index (χ2n) is 5.13. The van der Waals surface area contributed by atoms with Gasteiger partial charge in [-0.2, -0.15) is 0 Å². The molecule has 0 amide bonds. The molecule has 0 saturated heterocycles. The number of hydrogen-bond donors (Lipinski definition) is 0. The molecule has 21 heavy (non-hydrogen) atoms. The molecule has 0 aliphatic carbocycles. The van der Waals surface area contributed by atoms with Crippen LogP contribution in [0.2, 0.25) is 5.02 Å². The Labute approximate surface area is 133 Å². The van der Waals surface area contributed by atoms with Crippen LogP contribution in [0, 0.1) is 0 Å². The Bertz CT molecular complexity index is 451. The summed E-state index contributed by atoms with van der Waals surface area (Å²) in [5, 5.41) is 0.567. The van der Waals surface area contributed by atoms with Crippen LogP contribution < -0.4 is 4.52 Å². The van der Waals surface area contributed by atoms with E-state index in [1.807, 2.05) is 0 Å². The largest absolute Gasteiger partial charge is 0.424 e. The highest BCUT2D eigenvalue weighted by atomic mass is 35.5. The van der Waals surface area contributed by atoms with Gasteiger partial charge in [0.25, 0.3) is 0 Å². The van der Waals surface area contributed by atoms with Crippen molar-refractivity contribution in [3.8, 4) is 5.75 Å². The normalized spacial score (nSPS) is 13.9. The molecular weight excluding hydrogens is 307 g/mol. The first-order valence-electron chi connectivity index (χ1n) is 7.78. The standard InChI is InChI=1S/C16H26ClO3P/c1-3-5-7-8-12-19-21(18,13-6-4-2)20-16-11-9-10-15(17)14-16/h9-11,14H,3-8,12-13H2,1-2H3. The lowest BCUT2D eigenvalue weighted by Crippen LogP contribution is -2.04. The Morgan fingerprint density at radius 3 is 2.52 bits per heavy atom. The van der Waals surface area contributed by atoms with Crippen molar-refractivity contribution in [1.82, 2.24) is 0 Å². The van der Waals surface area contributed by atoms with Crippen LogP contribution in [0.1, 0.15) is 52.4 Å². The van der Waals surface area contributed by atoms with Gasteiger partial charge in [0.15, 0.2) is 0 Å². The predicted molar refractivity (Wildman–Crippen MR) is 89.6 cm³/mol. The molecule has 0 spiro atoms. The van der Waals surface area contributed by atoms with E-state index < -0.39 is 7.60 Å². The number of halogens is 1. The lowest BCUT2D eigenvalue weighted by Gasteiger charge is -2.19. The van der Waals surface area contributed by atoms with Gasteiger partial charge in [0, 0.05) is 5.02 Å². The smallest absolute Gasteiger partial charge is 0.379 e. The van der Waals surface area contributed by atoms with Crippen molar-refractivity contribution in [2.24, 2.45) is 0 Å². The van der Waals surface area contributed by atoms with Gasteiger partial charge < -0.3 is 4.52 Å². The van der Waals surface area contributed by atoms with Crippen LogP contribution in [0.4, 0.5) is 0 Å². The molecular formula is C16H26ClO3P. The fourth-order valence-electron chi connectivity index (χ4n) is 1.91. The summed E-state index contributed by atoms with van der Waals surface area (Å²) < 4.78 is 24.1. The van der Waals surface area contributed by atoms with Gasteiger partial charge in [-0.3, -0.25) is 4.52 Å². The van der Waals surface area contributed by atoms with E-state index in [0.717, 1.165) is 25.7 Å². The Hall–Kier alpha value is -0.500. The number of benzene rings is 1. The van der Waals surface area contributed by atoms with Crippen molar-refractivity contribution < 1.29 is 13.6 Å². The molecule has 1 rings (SSSR count). The molecule has 0 aliphatic heterocycles. The first kappa shape index (κ1) is 18.5. The summed E-state index contributed by atoms with van der Waals surface area (Å²) in [6.07, 6.45) is 6.60. The fraction of sp³-hybridized carbons (Fsp3) is 0.625. The molecule has 0 aromatic heterocycles. The lowest BCUT2D eigenvalue weighted by molar-refractivity contribution is 0.257. The minimum Gasteiger partial charge on any atom is -0.424 e. The molecule has 5 heteroatoms. The van der Waals surface area contributed by atoms with Crippen LogP contribution in [-0.2, 0) is 9.09 Å². The van der Waals surface area contributed by atoms with Gasteiger partial charge in [-0.1, -0.05) is 57.2 Å². The summed E-state index contributed by atoms with van der Waals surface area (Å²) >= 11 is 5.93. The third-order valence-electron chi connectivity index (χ3n) is 3.11. The highest BCUT2D eigenvalue weighted by molar-refractivity contribution is 7.54. The molecule has 0 heterocycles. The molecule has 1 atom stereocenters. The molecule has 0 bridgehead atoms. The van der Waals surface area contributed by atoms with E-state index in [-0.39, 0.29) is 0 Å². The minimum absolute atomic E-state index is 0.448. The van der Waals surface area contributed by atoms with Crippen LogP contribution in [0.5, 0.6) is 5.75 Å². The number of hydrogen-bond acceptors (Lipinski definition) is 3. The zero-order chi connectivity index (χ0) is 15.6. The van der Waals surface area contributed by atoms with Gasteiger partial charge in [0.05, 0.1) is 12.8 Å². The van der Waals surface area contributed by atoms with Crippen molar-refractivity contribution in [3.63, 3.8) is 0 Å². The maximum Gasteiger partial charge on any atom is 0.379 e.